The number of anilines is 1. The van der Waals surface area contributed by atoms with E-state index in [1.165, 1.54) is 11.3 Å². The number of hydrogen-bond donors (Lipinski definition) is 2. The van der Waals surface area contributed by atoms with Gasteiger partial charge in [-0.2, -0.15) is 0 Å². The number of halogens is 1. The first-order valence-electron chi connectivity index (χ1n) is 8.00. The number of fused-ring (bicyclic) bond motifs is 1. The number of alkyl halides is 1. The maximum Gasteiger partial charge on any atom is 0.214 e. The molecule has 0 fully saturated rings. The molecule has 0 bridgehead atoms. The number of thiazole rings is 1. The first kappa shape index (κ1) is 18.7. The molecule has 0 amide bonds. The van der Waals surface area contributed by atoms with Crippen molar-refractivity contribution < 1.29 is 14.2 Å². The summed E-state index contributed by atoms with van der Waals surface area (Å²) in [4.78, 5) is 17.7. The largest absolute Gasteiger partial charge is 0.475 e. The second kappa shape index (κ2) is 9.02. The molecule has 1 atom stereocenters. The fraction of sp³-hybridized carbons (Fsp3) is 0.222. The van der Waals surface area contributed by atoms with Crippen LogP contribution in [0.5, 0.6) is 5.88 Å². The van der Waals surface area contributed by atoms with E-state index in [2.05, 4.69) is 37.1 Å². The summed E-state index contributed by atoms with van der Waals surface area (Å²) in [6, 6.07) is 3.39. The van der Waals surface area contributed by atoms with Crippen LogP contribution in [0.4, 0.5) is 10.2 Å². The maximum absolute atomic E-state index is 12.2. The SMILES string of the molecule is CNc1cnc(C#C/C=C/c2nc3ccc(OCC(O)CF)nc3s2)cn1. The van der Waals surface area contributed by atoms with Crippen LogP contribution in [0.2, 0.25) is 0 Å². The van der Waals surface area contributed by atoms with Gasteiger partial charge in [0.25, 0.3) is 0 Å². The number of nitrogens with one attached hydrogen (secondary N) is 1. The fourth-order valence-electron chi connectivity index (χ4n) is 1.94. The molecule has 0 aliphatic rings. The number of ether oxygens (including phenoxy) is 1. The molecule has 1 unspecified atom stereocenters. The molecule has 0 radical (unpaired) electrons. The van der Waals surface area contributed by atoms with E-state index >= 15 is 0 Å². The van der Waals surface area contributed by atoms with Crippen molar-refractivity contribution in [2.75, 3.05) is 25.6 Å². The van der Waals surface area contributed by atoms with Crippen LogP contribution in [0.25, 0.3) is 16.4 Å². The predicted octanol–water partition coefficient (Wildman–Crippen LogP) is 2.30. The Morgan fingerprint density at radius 2 is 2.22 bits per heavy atom. The predicted molar refractivity (Wildman–Crippen MR) is 102 cm³/mol. The van der Waals surface area contributed by atoms with Gasteiger partial charge < -0.3 is 15.2 Å². The van der Waals surface area contributed by atoms with Gasteiger partial charge in [0, 0.05) is 13.1 Å². The normalized spacial score (nSPS) is 12.0. The van der Waals surface area contributed by atoms with E-state index in [0.717, 1.165) is 10.5 Å². The second-order valence-electron chi connectivity index (χ2n) is 5.28. The summed E-state index contributed by atoms with van der Waals surface area (Å²) in [5.74, 6) is 6.78. The first-order valence-corrected chi connectivity index (χ1v) is 8.82. The summed E-state index contributed by atoms with van der Waals surface area (Å²) in [6.07, 6.45) is 5.51. The number of hydrogen-bond acceptors (Lipinski definition) is 8. The van der Waals surface area contributed by atoms with Crippen LogP contribution >= 0.6 is 11.3 Å². The third-order valence-electron chi connectivity index (χ3n) is 3.27. The van der Waals surface area contributed by atoms with Crippen LogP contribution in [0, 0.1) is 11.8 Å². The lowest BCUT2D eigenvalue weighted by molar-refractivity contribution is 0.0823. The van der Waals surface area contributed by atoms with Crippen LogP contribution in [-0.2, 0) is 0 Å². The summed E-state index contributed by atoms with van der Waals surface area (Å²) in [5.41, 5.74) is 1.29. The number of pyridine rings is 1. The monoisotopic (exact) mass is 385 g/mol. The average Bonchev–Trinajstić information content (AvgIpc) is 3.11. The molecule has 0 spiro atoms. The zero-order valence-electron chi connectivity index (χ0n) is 14.4. The lowest BCUT2D eigenvalue weighted by atomic mass is 10.4. The second-order valence-corrected chi connectivity index (χ2v) is 6.29. The number of aliphatic hydroxyl groups is 1. The molecule has 0 saturated carbocycles. The quantitative estimate of drug-likeness (QED) is 0.629. The van der Waals surface area contributed by atoms with Gasteiger partial charge in [0.05, 0.1) is 12.4 Å². The van der Waals surface area contributed by atoms with Crippen molar-refractivity contribution in [2.24, 2.45) is 0 Å². The van der Waals surface area contributed by atoms with Gasteiger partial charge in [-0.3, -0.25) is 0 Å². The van der Waals surface area contributed by atoms with Gasteiger partial charge in [0.1, 0.15) is 46.3 Å². The van der Waals surface area contributed by atoms with E-state index in [4.69, 9.17) is 4.74 Å². The summed E-state index contributed by atoms with van der Waals surface area (Å²) in [7, 11) is 1.77. The van der Waals surface area contributed by atoms with Crippen molar-refractivity contribution in [3.63, 3.8) is 0 Å². The Balaban J connectivity index is 1.66. The fourth-order valence-corrected chi connectivity index (χ4v) is 2.78. The number of aromatic nitrogens is 4. The Morgan fingerprint density at radius 3 is 2.96 bits per heavy atom. The molecule has 9 heteroatoms. The molecule has 3 heterocycles. The molecule has 0 aliphatic carbocycles. The van der Waals surface area contributed by atoms with Crippen molar-refractivity contribution >= 4 is 33.6 Å². The zero-order chi connectivity index (χ0) is 19.1. The van der Waals surface area contributed by atoms with Crippen molar-refractivity contribution in [2.45, 2.75) is 6.10 Å². The van der Waals surface area contributed by atoms with Gasteiger partial charge in [0.15, 0.2) is 0 Å². The molecule has 3 aromatic heterocycles. The molecule has 3 rings (SSSR count). The highest BCUT2D eigenvalue weighted by atomic mass is 32.1. The molecule has 27 heavy (non-hydrogen) atoms. The number of nitrogens with zero attached hydrogens (tertiary/aromatic N) is 4. The van der Waals surface area contributed by atoms with E-state index < -0.39 is 12.8 Å². The zero-order valence-corrected chi connectivity index (χ0v) is 15.2. The van der Waals surface area contributed by atoms with Gasteiger partial charge in [-0.15, -0.1) is 0 Å². The Bertz CT molecular complexity index is 994. The minimum absolute atomic E-state index is 0.144. The summed E-state index contributed by atoms with van der Waals surface area (Å²) >= 11 is 1.37. The maximum atomic E-state index is 12.2. The highest BCUT2D eigenvalue weighted by Crippen LogP contribution is 2.23. The summed E-state index contributed by atoms with van der Waals surface area (Å²) < 4.78 is 17.5. The molecule has 0 aliphatic heterocycles. The lowest BCUT2D eigenvalue weighted by Gasteiger charge is -2.07. The summed E-state index contributed by atoms with van der Waals surface area (Å²) in [6.45, 7) is -1.00. The molecule has 0 saturated heterocycles. The summed E-state index contributed by atoms with van der Waals surface area (Å²) in [5, 5.41) is 12.8. The molecule has 7 nitrogen and oxygen atoms in total. The third-order valence-corrected chi connectivity index (χ3v) is 4.20. The Labute approximate surface area is 159 Å². The molecule has 2 N–H and O–H groups in total. The third kappa shape index (κ3) is 5.20. The van der Waals surface area contributed by atoms with Crippen LogP contribution in [0.15, 0.2) is 30.6 Å². The molecule has 138 valence electrons. The van der Waals surface area contributed by atoms with Crippen molar-refractivity contribution in [3.05, 3.63) is 41.3 Å². The van der Waals surface area contributed by atoms with Crippen molar-refractivity contribution in [1.29, 1.82) is 0 Å². The lowest BCUT2D eigenvalue weighted by Crippen LogP contribution is -2.19. The van der Waals surface area contributed by atoms with Crippen molar-refractivity contribution in [1.82, 2.24) is 19.9 Å². The van der Waals surface area contributed by atoms with Crippen LogP contribution in [-0.4, -0.2) is 51.5 Å². The number of aliphatic hydroxyl groups excluding tert-OH is 1. The highest BCUT2D eigenvalue weighted by molar-refractivity contribution is 7.18. The highest BCUT2D eigenvalue weighted by Gasteiger charge is 2.08. The van der Waals surface area contributed by atoms with E-state index in [9.17, 15) is 9.50 Å². The minimum Gasteiger partial charge on any atom is -0.475 e. The number of allylic oxidation sites excluding steroid dienone is 1. The van der Waals surface area contributed by atoms with Gasteiger partial charge >= 0.3 is 0 Å². The molecular formula is C18H16FN5O2S. The molecule has 3 aromatic rings. The smallest absolute Gasteiger partial charge is 0.214 e. The Hall–Kier alpha value is -3.09. The average molecular weight is 385 g/mol. The Kier molecular flexibility index (Phi) is 6.25. The first-order chi connectivity index (χ1) is 13.2. The minimum atomic E-state index is -1.15. The van der Waals surface area contributed by atoms with Gasteiger partial charge in [0.2, 0.25) is 5.88 Å². The van der Waals surface area contributed by atoms with Gasteiger partial charge in [-0.1, -0.05) is 17.3 Å². The Morgan fingerprint density at radius 1 is 1.33 bits per heavy atom. The van der Waals surface area contributed by atoms with Crippen LogP contribution in [0.1, 0.15) is 10.7 Å². The van der Waals surface area contributed by atoms with Crippen molar-refractivity contribution in [3.8, 4) is 17.7 Å². The topological polar surface area (TPSA) is 93.1 Å². The van der Waals surface area contributed by atoms with Crippen LogP contribution in [0.3, 0.4) is 0 Å². The van der Waals surface area contributed by atoms with Gasteiger partial charge in [-0.05, 0) is 24.1 Å². The molecule has 0 aromatic carbocycles. The molecular weight excluding hydrogens is 369 g/mol. The standard InChI is InChI=1S/C18H16FN5O2S/c1-20-15-10-21-12(9-22-15)4-2-3-5-17-23-14-6-7-16(24-18(14)27-17)26-11-13(25)8-19/h3,5-7,9-10,13,25H,8,11H2,1H3,(H,20,22)/b5-3+. The van der Waals surface area contributed by atoms with E-state index in [0.29, 0.717) is 22.2 Å². The van der Waals surface area contributed by atoms with Gasteiger partial charge in [-0.25, -0.2) is 24.3 Å². The van der Waals surface area contributed by atoms with Crippen LogP contribution < -0.4 is 10.1 Å². The van der Waals surface area contributed by atoms with E-state index in [-0.39, 0.29) is 6.61 Å². The van der Waals surface area contributed by atoms with E-state index in [1.54, 1.807) is 43.7 Å². The van der Waals surface area contributed by atoms with E-state index in [1.807, 2.05) is 0 Å². The number of rotatable bonds is 6.